The highest BCUT2D eigenvalue weighted by atomic mass is 16.5. The standard InChI is InChI=1S/C11H23NO.C2H6/c1-2-9-13-10-8-12-11-6-4-3-5-7-11;1-2/h11-12H,2-10H2,1H3;1-2H3. The molecular weight excluding hydrogens is 186 g/mol. The van der Waals surface area contributed by atoms with Gasteiger partial charge >= 0.3 is 0 Å². The van der Waals surface area contributed by atoms with Gasteiger partial charge in [-0.15, -0.1) is 0 Å². The summed E-state index contributed by atoms with van der Waals surface area (Å²) in [6, 6.07) is 0.777. The fraction of sp³-hybridized carbons (Fsp3) is 1.00. The van der Waals surface area contributed by atoms with Gasteiger partial charge in [-0.25, -0.2) is 0 Å². The lowest BCUT2D eigenvalue weighted by molar-refractivity contribution is 0.132. The van der Waals surface area contributed by atoms with E-state index in [0.717, 1.165) is 32.2 Å². The van der Waals surface area contributed by atoms with Crippen LogP contribution in [0.2, 0.25) is 0 Å². The zero-order chi connectivity index (χ0) is 11.4. The third-order valence-corrected chi connectivity index (χ3v) is 2.63. The second-order valence-electron chi connectivity index (χ2n) is 3.90. The number of ether oxygens (including phenoxy) is 1. The molecule has 1 aliphatic carbocycles. The predicted molar refractivity (Wildman–Crippen MR) is 67.3 cm³/mol. The van der Waals surface area contributed by atoms with Crippen molar-refractivity contribution in [2.24, 2.45) is 0 Å². The van der Waals surface area contributed by atoms with Crippen LogP contribution in [0, 0.1) is 0 Å². The highest BCUT2D eigenvalue weighted by Gasteiger charge is 2.11. The van der Waals surface area contributed by atoms with Crippen molar-refractivity contribution in [1.82, 2.24) is 5.32 Å². The lowest BCUT2D eigenvalue weighted by Crippen LogP contribution is -2.33. The van der Waals surface area contributed by atoms with Crippen LogP contribution in [0.15, 0.2) is 0 Å². The van der Waals surface area contributed by atoms with Gasteiger partial charge in [0.1, 0.15) is 0 Å². The van der Waals surface area contributed by atoms with Gasteiger partial charge < -0.3 is 10.1 Å². The highest BCUT2D eigenvalue weighted by Crippen LogP contribution is 2.16. The van der Waals surface area contributed by atoms with Gasteiger partial charge in [-0.05, 0) is 19.3 Å². The first kappa shape index (κ1) is 14.9. The van der Waals surface area contributed by atoms with E-state index in [9.17, 15) is 0 Å². The molecule has 0 saturated heterocycles. The average Bonchev–Trinajstić information content (AvgIpc) is 2.33. The predicted octanol–water partition coefficient (Wildman–Crippen LogP) is 3.36. The zero-order valence-electron chi connectivity index (χ0n) is 10.8. The molecule has 0 atom stereocenters. The third-order valence-electron chi connectivity index (χ3n) is 2.63. The maximum Gasteiger partial charge on any atom is 0.0590 e. The molecule has 1 aliphatic rings. The van der Waals surface area contributed by atoms with E-state index in [0.29, 0.717) is 0 Å². The largest absolute Gasteiger partial charge is 0.380 e. The van der Waals surface area contributed by atoms with E-state index < -0.39 is 0 Å². The van der Waals surface area contributed by atoms with Crippen LogP contribution in [-0.2, 0) is 4.74 Å². The molecule has 1 N–H and O–H groups in total. The Morgan fingerprint density at radius 3 is 2.33 bits per heavy atom. The van der Waals surface area contributed by atoms with Gasteiger partial charge in [0.2, 0.25) is 0 Å². The van der Waals surface area contributed by atoms with Crippen molar-refractivity contribution >= 4 is 0 Å². The van der Waals surface area contributed by atoms with Crippen molar-refractivity contribution < 1.29 is 4.74 Å². The minimum atomic E-state index is 0.777. The van der Waals surface area contributed by atoms with Crippen molar-refractivity contribution in [1.29, 1.82) is 0 Å². The van der Waals surface area contributed by atoms with Crippen LogP contribution in [0.4, 0.5) is 0 Å². The van der Waals surface area contributed by atoms with E-state index in [4.69, 9.17) is 4.74 Å². The zero-order valence-corrected chi connectivity index (χ0v) is 10.8. The molecular formula is C13H29NO. The van der Waals surface area contributed by atoms with Gasteiger partial charge in [0.05, 0.1) is 6.61 Å². The van der Waals surface area contributed by atoms with Crippen molar-refractivity contribution in [3.05, 3.63) is 0 Å². The van der Waals surface area contributed by atoms with Gasteiger partial charge in [-0.2, -0.15) is 0 Å². The summed E-state index contributed by atoms with van der Waals surface area (Å²) in [4.78, 5) is 0. The van der Waals surface area contributed by atoms with E-state index >= 15 is 0 Å². The van der Waals surface area contributed by atoms with E-state index in [-0.39, 0.29) is 0 Å². The van der Waals surface area contributed by atoms with Gasteiger partial charge in [0.25, 0.3) is 0 Å². The molecule has 1 fully saturated rings. The summed E-state index contributed by atoms with van der Waals surface area (Å²) in [5, 5.41) is 3.56. The summed E-state index contributed by atoms with van der Waals surface area (Å²) < 4.78 is 5.41. The van der Waals surface area contributed by atoms with E-state index in [1.807, 2.05) is 13.8 Å². The van der Waals surface area contributed by atoms with Crippen LogP contribution in [-0.4, -0.2) is 25.8 Å². The summed E-state index contributed by atoms with van der Waals surface area (Å²) in [6.07, 6.45) is 8.12. The molecule has 0 amide bonds. The van der Waals surface area contributed by atoms with Gasteiger partial charge in [-0.1, -0.05) is 40.0 Å². The van der Waals surface area contributed by atoms with Gasteiger partial charge in [-0.3, -0.25) is 0 Å². The van der Waals surface area contributed by atoms with Crippen LogP contribution in [0.1, 0.15) is 59.3 Å². The Morgan fingerprint density at radius 2 is 1.73 bits per heavy atom. The molecule has 0 aromatic rings. The summed E-state index contributed by atoms with van der Waals surface area (Å²) in [6.45, 7) is 8.97. The highest BCUT2D eigenvalue weighted by molar-refractivity contribution is 4.71. The molecule has 0 bridgehead atoms. The van der Waals surface area contributed by atoms with Crippen molar-refractivity contribution in [3.8, 4) is 0 Å². The topological polar surface area (TPSA) is 21.3 Å². The maximum absolute atomic E-state index is 5.41. The molecule has 15 heavy (non-hydrogen) atoms. The van der Waals surface area contributed by atoms with Crippen molar-refractivity contribution in [2.45, 2.75) is 65.3 Å². The smallest absolute Gasteiger partial charge is 0.0590 e. The lowest BCUT2D eigenvalue weighted by atomic mass is 9.96. The van der Waals surface area contributed by atoms with Crippen LogP contribution >= 0.6 is 0 Å². The van der Waals surface area contributed by atoms with E-state index in [1.165, 1.54) is 32.1 Å². The molecule has 1 rings (SSSR count). The SMILES string of the molecule is CC.CCCOCCNC1CCCCC1. The molecule has 2 heteroatoms. The number of nitrogens with one attached hydrogen (secondary N) is 1. The molecule has 1 saturated carbocycles. The fourth-order valence-electron chi connectivity index (χ4n) is 1.89. The average molecular weight is 215 g/mol. The molecule has 0 aromatic heterocycles. The molecule has 92 valence electrons. The summed E-state index contributed by atoms with van der Waals surface area (Å²) in [7, 11) is 0. The Morgan fingerprint density at radius 1 is 1.07 bits per heavy atom. The fourth-order valence-corrected chi connectivity index (χ4v) is 1.89. The van der Waals surface area contributed by atoms with Crippen LogP contribution in [0.5, 0.6) is 0 Å². The molecule has 0 spiro atoms. The Balaban J connectivity index is 0.000000921. The summed E-state index contributed by atoms with van der Waals surface area (Å²) >= 11 is 0. The molecule has 0 unspecified atom stereocenters. The second kappa shape index (κ2) is 12.0. The second-order valence-corrected chi connectivity index (χ2v) is 3.90. The monoisotopic (exact) mass is 215 g/mol. The Hall–Kier alpha value is -0.0800. The summed E-state index contributed by atoms with van der Waals surface area (Å²) in [5.74, 6) is 0. The quantitative estimate of drug-likeness (QED) is 0.686. The first-order valence-electron chi connectivity index (χ1n) is 6.74. The minimum absolute atomic E-state index is 0.777. The number of hydrogen-bond acceptors (Lipinski definition) is 2. The number of rotatable bonds is 6. The molecule has 0 radical (unpaired) electrons. The Labute approximate surface area is 95.8 Å². The summed E-state index contributed by atoms with van der Waals surface area (Å²) in [5.41, 5.74) is 0. The van der Waals surface area contributed by atoms with Gasteiger partial charge in [0, 0.05) is 19.2 Å². The lowest BCUT2D eigenvalue weighted by Gasteiger charge is -2.22. The van der Waals surface area contributed by atoms with Crippen LogP contribution < -0.4 is 5.32 Å². The van der Waals surface area contributed by atoms with Crippen LogP contribution in [0.3, 0.4) is 0 Å². The molecule has 0 heterocycles. The van der Waals surface area contributed by atoms with Crippen molar-refractivity contribution in [3.63, 3.8) is 0 Å². The van der Waals surface area contributed by atoms with Crippen molar-refractivity contribution in [2.75, 3.05) is 19.8 Å². The van der Waals surface area contributed by atoms with Gasteiger partial charge in [0.15, 0.2) is 0 Å². The first-order chi connectivity index (χ1) is 7.43. The van der Waals surface area contributed by atoms with E-state index in [2.05, 4.69) is 12.2 Å². The van der Waals surface area contributed by atoms with E-state index in [1.54, 1.807) is 0 Å². The molecule has 2 nitrogen and oxygen atoms in total. The molecule has 0 aromatic carbocycles. The third kappa shape index (κ3) is 8.88. The first-order valence-corrected chi connectivity index (χ1v) is 6.74. The minimum Gasteiger partial charge on any atom is -0.380 e. The maximum atomic E-state index is 5.41. The Kier molecular flexibility index (Phi) is 11.9. The molecule has 0 aliphatic heterocycles. The van der Waals surface area contributed by atoms with Crippen LogP contribution in [0.25, 0.3) is 0 Å². The number of hydrogen-bond donors (Lipinski definition) is 1. The Bertz CT molecular complexity index is 111. The normalized spacial score (nSPS) is 17.0.